The highest BCUT2D eigenvalue weighted by Gasteiger charge is 2.40. The van der Waals surface area contributed by atoms with E-state index in [1.165, 1.54) is 35.0 Å². The van der Waals surface area contributed by atoms with Gasteiger partial charge in [0.25, 0.3) is 27.5 Å². The number of rotatable bonds is 21. The molecule has 2 aromatic heterocycles. The molecule has 1 saturated carbocycles. The molecule has 0 radical (unpaired) electrons. The Morgan fingerprint density at radius 1 is 0.868 bits per heavy atom. The molecule has 23 heteroatoms. The van der Waals surface area contributed by atoms with Crippen LogP contribution < -0.4 is 25.0 Å². The van der Waals surface area contributed by atoms with Gasteiger partial charge in [-0.05, 0) is 159 Å². The van der Waals surface area contributed by atoms with Crippen molar-refractivity contribution in [2.24, 2.45) is 11.3 Å². The molecule has 2 aliphatic carbocycles. The number of nitro groups is 1. The fourth-order valence-corrected chi connectivity index (χ4v) is 15.2. The topological polar surface area (TPSA) is 253 Å². The number of fused-ring (bicyclic) bond motifs is 2. The number of H-pyrrole nitrogens is 1. The molecule has 3 saturated heterocycles. The number of allylic oxidation sites excluding steroid dienone is 1. The molecule has 6 aromatic rings. The minimum Gasteiger partial charge on any atom is -0.455 e. The highest BCUT2D eigenvalue weighted by Crippen LogP contribution is 2.44. The summed E-state index contributed by atoms with van der Waals surface area (Å²) < 4.78 is 36.6. The van der Waals surface area contributed by atoms with Gasteiger partial charge in [-0.3, -0.25) is 49.2 Å². The Bertz CT molecular complexity index is 3930. The van der Waals surface area contributed by atoms with Crippen LogP contribution >= 0.6 is 11.6 Å². The third-order valence-electron chi connectivity index (χ3n) is 19.4. The number of amides is 5. The Morgan fingerprint density at radius 3 is 2.44 bits per heavy atom. The maximum Gasteiger partial charge on any atom is 0.293 e. The van der Waals surface area contributed by atoms with E-state index >= 15 is 0 Å². The number of nitro benzene ring substituents is 1. The Labute approximate surface area is 535 Å². The monoisotopic (exact) mass is 1280 g/mol. The summed E-state index contributed by atoms with van der Waals surface area (Å²) in [6.07, 6.45) is 13.8. The average molecular weight is 1280 g/mol. The van der Waals surface area contributed by atoms with Gasteiger partial charge in [0.05, 0.1) is 28.1 Å². The van der Waals surface area contributed by atoms with E-state index in [-0.39, 0.29) is 58.5 Å². The molecular formula is C68H78ClN11O10S. The largest absolute Gasteiger partial charge is 0.455 e. The van der Waals surface area contributed by atoms with E-state index < -0.39 is 43.4 Å². The highest BCUT2D eigenvalue weighted by atomic mass is 35.5. The lowest BCUT2D eigenvalue weighted by Gasteiger charge is -2.41. The van der Waals surface area contributed by atoms with Crippen LogP contribution in [-0.4, -0.2) is 150 Å². The van der Waals surface area contributed by atoms with Gasteiger partial charge in [-0.15, -0.1) is 0 Å². The van der Waals surface area contributed by atoms with E-state index in [1.807, 2.05) is 35.2 Å². The van der Waals surface area contributed by atoms with Crippen LogP contribution in [0.25, 0.3) is 16.6 Å². The van der Waals surface area contributed by atoms with Crippen molar-refractivity contribution < 1.29 is 42.1 Å². The third kappa shape index (κ3) is 14.5. The van der Waals surface area contributed by atoms with E-state index in [0.717, 1.165) is 130 Å². The molecule has 0 bridgehead atoms. The number of aromatic amines is 1. The predicted octanol–water partition coefficient (Wildman–Crippen LogP) is 10.1. The van der Waals surface area contributed by atoms with Crippen molar-refractivity contribution >= 4 is 84.8 Å². The summed E-state index contributed by atoms with van der Waals surface area (Å²) in [4.78, 5) is 94.7. The van der Waals surface area contributed by atoms with Crippen LogP contribution in [0.2, 0.25) is 5.02 Å². The summed E-state index contributed by atoms with van der Waals surface area (Å²) in [6.45, 7) is 11.8. The second kappa shape index (κ2) is 27.0. The van der Waals surface area contributed by atoms with Gasteiger partial charge in [-0.1, -0.05) is 61.7 Å². The second-order valence-corrected chi connectivity index (χ2v) is 28.1. The lowest BCUT2D eigenvalue weighted by Crippen LogP contribution is -2.54. The number of carbonyl (C=O) groups is 5. The second-order valence-electron chi connectivity index (χ2n) is 26.0. The fourth-order valence-electron chi connectivity index (χ4n) is 14.1. The summed E-state index contributed by atoms with van der Waals surface area (Å²) in [6, 6.07) is 25.7. The van der Waals surface area contributed by atoms with Crippen molar-refractivity contribution in [2.45, 2.75) is 121 Å². The first-order valence-corrected chi connectivity index (χ1v) is 33.7. The molecule has 6 aliphatic rings. The molecule has 478 valence electrons. The first-order valence-electron chi connectivity index (χ1n) is 31.9. The quantitative estimate of drug-likeness (QED) is 0.0226. The van der Waals surface area contributed by atoms with Gasteiger partial charge in [0.15, 0.2) is 0 Å². The van der Waals surface area contributed by atoms with Crippen LogP contribution in [0.3, 0.4) is 0 Å². The van der Waals surface area contributed by atoms with E-state index in [9.17, 15) is 42.5 Å². The minimum absolute atomic E-state index is 0.0597. The number of piperidine rings is 1. The molecule has 1 unspecified atom stereocenters. The summed E-state index contributed by atoms with van der Waals surface area (Å²) in [7, 11) is -4.64. The van der Waals surface area contributed by atoms with Crippen molar-refractivity contribution in [3.8, 4) is 11.5 Å². The average Bonchev–Trinajstić information content (AvgIpc) is 1.79. The van der Waals surface area contributed by atoms with Crippen LogP contribution in [-0.2, 0) is 37.4 Å². The van der Waals surface area contributed by atoms with Gasteiger partial charge in [-0.25, -0.2) is 18.1 Å². The molecule has 4 N–H and O–H groups in total. The van der Waals surface area contributed by atoms with Crippen molar-refractivity contribution in [3.05, 3.63) is 152 Å². The summed E-state index contributed by atoms with van der Waals surface area (Å²) in [5.41, 5.74) is 8.02. The first-order chi connectivity index (χ1) is 43.8. The van der Waals surface area contributed by atoms with E-state index in [2.05, 4.69) is 66.0 Å². The number of halogens is 1. The summed E-state index contributed by atoms with van der Waals surface area (Å²) in [5.74, 6) is -1.14. The number of pyridine rings is 1. The number of sulfonamides is 1. The molecule has 4 aliphatic heterocycles. The number of hydrogen-bond donors (Lipinski definition) is 4. The molecule has 0 spiro atoms. The molecule has 6 heterocycles. The number of benzene rings is 4. The molecule has 21 nitrogen and oxygen atoms in total. The number of unbranched alkanes of at least 4 members (excludes halogenated alkanes) is 2. The number of anilines is 2. The fraction of sp³-hybridized carbons (Fsp3) is 0.441. The third-order valence-corrected chi connectivity index (χ3v) is 20.9. The zero-order valence-corrected chi connectivity index (χ0v) is 53.1. The number of hydrogen-bond acceptors (Lipinski definition) is 15. The SMILES string of the molecule is CC1(C)CCC(CN2CCN(c3ccc(C(=O)NS(=O)(=O)c4ccc(NCC5CCC(N6CCN(CCCCCc7cccc8c7CN(C7CCC(=O)NC7=O)C8=O)C(=O)C6)CC5)c([N+](=O)[O-])c4)c(Oc4cnc5[nH]ccc5c4)c3)CC2)=C(c2ccc(Cl)cc2)C1. The molecular weight excluding hydrogens is 1200 g/mol. The number of carbonyl (C=O) groups excluding carboxylic acids is 5. The van der Waals surface area contributed by atoms with Crippen LogP contribution in [0.5, 0.6) is 11.5 Å². The Morgan fingerprint density at radius 2 is 1.67 bits per heavy atom. The van der Waals surface area contributed by atoms with Crippen molar-refractivity contribution in [2.75, 3.05) is 75.7 Å². The number of nitrogens with zero attached hydrogens (tertiary/aromatic N) is 7. The van der Waals surface area contributed by atoms with Gasteiger partial charge < -0.3 is 29.7 Å². The van der Waals surface area contributed by atoms with E-state index in [0.29, 0.717) is 69.2 Å². The molecule has 4 fully saturated rings. The van der Waals surface area contributed by atoms with Crippen molar-refractivity contribution in [1.29, 1.82) is 0 Å². The number of piperazine rings is 2. The number of ether oxygens (including phenoxy) is 1. The van der Waals surface area contributed by atoms with Gasteiger partial charge >= 0.3 is 0 Å². The molecule has 1 atom stereocenters. The standard InChI is InChI=1S/C68H78ClN11O10S/c1-68(2)26-24-48(56(38-68)46-12-14-49(69)15-13-46)41-75-29-31-76(32-30-75)51-18-20-55(61(36-51)90-52-35-47-25-27-70-64(47)72-40-52)65(83)74-91(88,89)53-19-21-58(60(37-53)80(86)87)71-39-44-10-16-50(17-11-44)78-34-33-77(63(82)43-78)28-5-3-4-7-45-8-6-9-54-57(45)42-79(67(54)85)59-22-23-62(81)73-66(59)84/h6,8-9,12-15,18-21,25,27,35-37,40,44,50,59,71H,3-5,7,10-11,16-17,22-24,26,28-34,38-39,41-43H2,1-2H3,(H,70,72)(H,74,83)(H,73,81,84). The van der Waals surface area contributed by atoms with Gasteiger partial charge in [0, 0.05) is 118 Å². The lowest BCUT2D eigenvalue weighted by atomic mass is 9.72. The summed E-state index contributed by atoms with van der Waals surface area (Å²) >= 11 is 6.28. The van der Waals surface area contributed by atoms with E-state index in [4.69, 9.17) is 16.3 Å². The molecule has 5 amide bonds. The number of aromatic nitrogens is 2. The first kappa shape index (κ1) is 63.0. The Balaban J connectivity index is 0.618. The van der Waals surface area contributed by atoms with Gasteiger partial charge in [-0.2, -0.15) is 0 Å². The lowest BCUT2D eigenvalue weighted by molar-refractivity contribution is -0.384. The zero-order chi connectivity index (χ0) is 63.6. The number of nitrogens with one attached hydrogen (secondary N) is 4. The van der Waals surface area contributed by atoms with Gasteiger partial charge in [0.1, 0.15) is 28.9 Å². The maximum atomic E-state index is 14.2. The molecule has 91 heavy (non-hydrogen) atoms. The zero-order valence-electron chi connectivity index (χ0n) is 51.5. The van der Waals surface area contributed by atoms with E-state index in [1.54, 1.807) is 41.4 Å². The molecule has 12 rings (SSSR count). The predicted molar refractivity (Wildman–Crippen MR) is 347 cm³/mol. The Hall–Kier alpha value is -8.18. The highest BCUT2D eigenvalue weighted by molar-refractivity contribution is 7.90. The van der Waals surface area contributed by atoms with Crippen LogP contribution in [0, 0.1) is 21.4 Å². The van der Waals surface area contributed by atoms with Crippen LogP contribution in [0.4, 0.5) is 17.1 Å². The van der Waals surface area contributed by atoms with Crippen molar-refractivity contribution in [1.82, 2.24) is 39.6 Å². The Kier molecular flexibility index (Phi) is 18.7. The smallest absolute Gasteiger partial charge is 0.293 e. The van der Waals surface area contributed by atoms with Gasteiger partial charge in [0.2, 0.25) is 17.7 Å². The van der Waals surface area contributed by atoms with Crippen LogP contribution in [0.15, 0.2) is 114 Å². The number of imide groups is 1. The summed E-state index contributed by atoms with van der Waals surface area (Å²) in [5, 5.41) is 19.6. The van der Waals surface area contributed by atoms with Crippen LogP contribution in [0.1, 0.15) is 128 Å². The normalized spacial score (nSPS) is 20.9. The molecule has 4 aromatic carbocycles. The number of aryl methyl sites for hydroxylation is 1. The minimum atomic E-state index is -4.64. The maximum absolute atomic E-state index is 14.2. The van der Waals surface area contributed by atoms with Crippen molar-refractivity contribution in [3.63, 3.8) is 0 Å².